The minimum atomic E-state index is -0.0443. The van der Waals surface area contributed by atoms with Gasteiger partial charge in [-0.15, -0.1) is 0 Å². The molecule has 0 aliphatic carbocycles. The molecule has 0 radical (unpaired) electrons. The number of hydrogen-bond acceptors (Lipinski definition) is 2. The number of rotatable bonds is 8. The topological polar surface area (TPSA) is 56.4 Å². The maximum absolute atomic E-state index is 7.97. The second-order valence-electron chi connectivity index (χ2n) is 5.97. The normalized spacial score (nSPS) is 11.8. The Hall–Kier alpha value is 0.190. The Balaban J connectivity index is 3.69. The molecule has 0 amide bonds. The van der Waals surface area contributed by atoms with Gasteiger partial charge in [0.1, 0.15) is 0 Å². The summed E-state index contributed by atoms with van der Waals surface area (Å²) < 4.78 is 3.56. The summed E-state index contributed by atoms with van der Waals surface area (Å²) in [5, 5.41) is 7.97. The molecule has 0 fully saturated rings. The first-order valence-electron chi connectivity index (χ1n) is 6.91. The van der Waals surface area contributed by atoms with Crippen LogP contribution in [0, 0.1) is 5.41 Å². The molecule has 0 unspecified atom stereocenters. The fourth-order valence-electron chi connectivity index (χ4n) is 1.64. The molecule has 0 aromatic carbocycles. The molecule has 0 atom stereocenters. The molecule has 0 saturated carbocycles. The van der Waals surface area contributed by atoms with E-state index in [0.717, 1.165) is 19.4 Å². The van der Waals surface area contributed by atoms with E-state index in [1.807, 2.05) is 13.8 Å². The summed E-state index contributed by atoms with van der Waals surface area (Å²) in [6.45, 7) is 9.08. The molecule has 19 heavy (non-hydrogen) atoms. The Morgan fingerprint density at radius 2 is 1.68 bits per heavy atom. The summed E-state index contributed by atoms with van der Waals surface area (Å²) >= 11 is 6.82. The van der Waals surface area contributed by atoms with Gasteiger partial charge in [0.15, 0.2) is 0 Å². The molecule has 6 heteroatoms. The molecule has 0 heterocycles. The van der Waals surface area contributed by atoms with Crippen molar-refractivity contribution in [1.29, 1.82) is 5.41 Å². The van der Waals surface area contributed by atoms with E-state index in [2.05, 4.69) is 46.1 Å². The van der Waals surface area contributed by atoms with Crippen LogP contribution >= 0.6 is 32.3 Å². The van der Waals surface area contributed by atoms with E-state index in [0.29, 0.717) is 5.96 Å². The third-order valence-electron chi connectivity index (χ3n) is 2.81. The van der Waals surface area contributed by atoms with E-state index in [-0.39, 0.29) is 11.6 Å². The number of halogens is 2. The molecule has 0 aromatic rings. The monoisotopic (exact) mass is 398 g/mol. The summed E-state index contributed by atoms with van der Waals surface area (Å²) in [6, 6.07) is 0.263. The van der Waals surface area contributed by atoms with Gasteiger partial charge in [0.2, 0.25) is 5.96 Å². The first-order chi connectivity index (χ1) is 8.65. The third-order valence-corrected chi connectivity index (χ3v) is 4.66. The van der Waals surface area contributed by atoms with Crippen molar-refractivity contribution in [3.63, 3.8) is 0 Å². The second kappa shape index (κ2) is 9.19. The number of guanidine groups is 1. The van der Waals surface area contributed by atoms with Crippen LogP contribution in [0.15, 0.2) is 0 Å². The zero-order valence-electron chi connectivity index (χ0n) is 12.5. The highest BCUT2D eigenvalue weighted by Crippen LogP contribution is 2.15. The van der Waals surface area contributed by atoms with Gasteiger partial charge in [0.25, 0.3) is 0 Å². The Labute approximate surface area is 135 Å². The van der Waals surface area contributed by atoms with Crippen LogP contribution in [0.5, 0.6) is 0 Å². The molecule has 0 aromatic heterocycles. The summed E-state index contributed by atoms with van der Waals surface area (Å²) in [5.41, 5.74) is 5.90. The van der Waals surface area contributed by atoms with Crippen molar-refractivity contribution in [2.75, 3.05) is 6.54 Å². The lowest BCUT2D eigenvalue weighted by Crippen LogP contribution is -2.36. The first-order valence-corrected chi connectivity index (χ1v) is 8.33. The van der Waals surface area contributed by atoms with Crippen molar-refractivity contribution >= 4 is 38.3 Å². The maximum Gasteiger partial charge on any atom is 0.214 e. The molecule has 0 aliphatic rings. The highest BCUT2D eigenvalue weighted by molar-refractivity contribution is 9.08. The van der Waals surface area contributed by atoms with E-state index in [4.69, 9.17) is 11.1 Å². The molecular formula is C13H28Br2N4. The van der Waals surface area contributed by atoms with Crippen molar-refractivity contribution in [3.05, 3.63) is 0 Å². The first kappa shape index (κ1) is 19.2. The predicted octanol–water partition coefficient (Wildman–Crippen LogP) is 4.24. The summed E-state index contributed by atoms with van der Waals surface area (Å²) in [5.74, 6) is 0.443. The number of nitrogens with two attached hydrogens (primary N) is 1. The molecule has 0 saturated heterocycles. The fraction of sp³-hybridized carbons (Fsp3) is 0.923. The fourth-order valence-corrected chi connectivity index (χ4v) is 2.46. The minimum absolute atomic E-state index is 0.0443. The zero-order chi connectivity index (χ0) is 15.1. The van der Waals surface area contributed by atoms with Gasteiger partial charge >= 0.3 is 0 Å². The highest BCUT2D eigenvalue weighted by atomic mass is 79.9. The molecule has 0 spiro atoms. The summed E-state index contributed by atoms with van der Waals surface area (Å²) in [4.78, 5) is 0. The number of nitrogens with zero attached hydrogens (tertiary/aromatic N) is 2. The molecule has 0 rings (SSSR count). The quantitative estimate of drug-likeness (QED) is 0.277. The molecule has 0 bridgehead atoms. The van der Waals surface area contributed by atoms with Gasteiger partial charge in [-0.25, -0.2) is 0 Å². The van der Waals surface area contributed by atoms with Crippen LogP contribution in [-0.2, 0) is 0 Å². The smallest absolute Gasteiger partial charge is 0.214 e. The Kier molecular flexibility index (Phi) is 9.28. The van der Waals surface area contributed by atoms with Gasteiger partial charge in [-0.05, 0) is 40.5 Å². The maximum atomic E-state index is 7.97. The average Bonchev–Trinajstić information content (AvgIpc) is 2.29. The van der Waals surface area contributed by atoms with Crippen molar-refractivity contribution in [3.8, 4) is 0 Å². The zero-order valence-corrected chi connectivity index (χ0v) is 15.7. The van der Waals surface area contributed by atoms with Crippen molar-refractivity contribution < 1.29 is 0 Å². The van der Waals surface area contributed by atoms with Crippen molar-refractivity contribution in [2.24, 2.45) is 5.73 Å². The highest BCUT2D eigenvalue weighted by Gasteiger charge is 2.15. The van der Waals surface area contributed by atoms with E-state index >= 15 is 0 Å². The average molecular weight is 400 g/mol. The van der Waals surface area contributed by atoms with Crippen LogP contribution < -0.4 is 5.73 Å². The van der Waals surface area contributed by atoms with E-state index in [1.54, 1.807) is 7.85 Å². The van der Waals surface area contributed by atoms with Crippen LogP contribution in [0.3, 0.4) is 0 Å². The number of hydrogen-bond donors (Lipinski definition) is 2. The van der Waals surface area contributed by atoms with Gasteiger partial charge in [-0.2, -0.15) is 0 Å². The lowest BCUT2D eigenvalue weighted by molar-refractivity contribution is 0.437. The van der Waals surface area contributed by atoms with E-state index in [1.165, 1.54) is 19.3 Å². The van der Waals surface area contributed by atoms with Crippen LogP contribution in [0.4, 0.5) is 0 Å². The van der Waals surface area contributed by atoms with E-state index < -0.39 is 0 Å². The van der Waals surface area contributed by atoms with Crippen LogP contribution in [-0.4, -0.2) is 31.9 Å². The van der Waals surface area contributed by atoms with Crippen LogP contribution in [0.1, 0.15) is 59.8 Å². The third kappa shape index (κ3) is 9.68. The van der Waals surface area contributed by atoms with Crippen molar-refractivity contribution in [2.45, 2.75) is 71.4 Å². The van der Waals surface area contributed by atoms with Gasteiger partial charge in [-0.3, -0.25) is 13.3 Å². The summed E-state index contributed by atoms with van der Waals surface area (Å²) in [7, 11) is 0. The number of unbranched alkanes of at least 4 members (excludes halogenated alkanes) is 3. The van der Waals surface area contributed by atoms with Crippen LogP contribution in [0.25, 0.3) is 0 Å². The van der Waals surface area contributed by atoms with E-state index in [9.17, 15) is 0 Å². The second-order valence-corrected chi connectivity index (χ2v) is 7.59. The lowest BCUT2D eigenvalue weighted by atomic mass is 9.98. The lowest BCUT2D eigenvalue weighted by Gasteiger charge is -2.26. The van der Waals surface area contributed by atoms with Gasteiger partial charge in [-0.1, -0.05) is 19.3 Å². The molecule has 4 nitrogen and oxygen atoms in total. The Bertz CT molecular complexity index is 264. The SMILES string of the molecule is CC(C)N(Br)C(=N)N(Br)CCCCCCC(C)(C)N. The molecule has 3 N–H and O–H groups in total. The van der Waals surface area contributed by atoms with Gasteiger partial charge in [0, 0.05) is 18.1 Å². The number of nitrogens with one attached hydrogen (secondary N) is 1. The molecule has 114 valence electrons. The minimum Gasteiger partial charge on any atom is -0.326 e. The molecular weight excluding hydrogens is 372 g/mol. The van der Waals surface area contributed by atoms with Crippen molar-refractivity contribution in [1.82, 2.24) is 7.85 Å². The standard InChI is InChI=1S/C13H28Br2N4/c1-11(2)19(15)12(16)18(14)10-8-6-5-7-9-13(3,4)17/h11,16H,5-10,17H2,1-4H3. The largest absolute Gasteiger partial charge is 0.326 e. The van der Waals surface area contributed by atoms with Gasteiger partial charge in [0.05, 0.1) is 32.3 Å². The summed E-state index contributed by atoms with van der Waals surface area (Å²) in [6.07, 6.45) is 5.72. The van der Waals surface area contributed by atoms with Gasteiger partial charge < -0.3 is 5.73 Å². The molecule has 0 aliphatic heterocycles. The predicted molar refractivity (Wildman–Crippen MR) is 90.6 cm³/mol. The van der Waals surface area contributed by atoms with Crippen LogP contribution in [0.2, 0.25) is 0 Å². The Morgan fingerprint density at radius 3 is 2.16 bits per heavy atom. The Morgan fingerprint density at radius 1 is 1.16 bits per heavy atom.